The summed E-state index contributed by atoms with van der Waals surface area (Å²) in [6.45, 7) is -0.685. The Bertz CT molecular complexity index is 647. The van der Waals surface area contributed by atoms with E-state index in [2.05, 4.69) is 0 Å². The molecule has 0 aliphatic heterocycles. The number of phenolic OH excluding ortho intramolecular Hbond substituents is 1. The predicted octanol–water partition coefficient (Wildman–Crippen LogP) is -1.39. The molecule has 10 nitrogen and oxygen atoms in total. The Morgan fingerprint density at radius 1 is 1.07 bits per heavy atom. The number of phenols is 1. The highest BCUT2D eigenvalue weighted by atomic mass is 16.5. The predicted molar refractivity (Wildman–Crippen MR) is 91.3 cm³/mol. The third-order valence-corrected chi connectivity index (χ3v) is 3.54. The SMILES string of the molecule is COc1cc(/C=C/C(=O)OC[C@@H](O)[C@@H](O)[C@H](O)[C@@H](O)C=O)cc(OC)c1O. The number of aliphatic hydroxyl groups excluding tert-OH is 4. The normalized spacial score (nSPS) is 15.6. The van der Waals surface area contributed by atoms with Gasteiger partial charge in [0, 0.05) is 6.08 Å². The van der Waals surface area contributed by atoms with Crippen LogP contribution in [0.2, 0.25) is 0 Å². The smallest absolute Gasteiger partial charge is 0.330 e. The van der Waals surface area contributed by atoms with Crippen LogP contribution in [0.1, 0.15) is 5.56 Å². The number of hydrogen-bond acceptors (Lipinski definition) is 10. The van der Waals surface area contributed by atoms with E-state index in [-0.39, 0.29) is 23.5 Å². The van der Waals surface area contributed by atoms with Gasteiger partial charge in [-0.2, -0.15) is 0 Å². The summed E-state index contributed by atoms with van der Waals surface area (Å²) in [6, 6.07) is 2.88. The quantitative estimate of drug-likeness (QED) is 0.184. The summed E-state index contributed by atoms with van der Waals surface area (Å²) in [5.74, 6) is -0.821. The van der Waals surface area contributed by atoms with Gasteiger partial charge in [0.25, 0.3) is 0 Å². The Labute approximate surface area is 154 Å². The molecule has 0 aromatic heterocycles. The molecule has 0 aliphatic carbocycles. The molecule has 0 saturated heterocycles. The Morgan fingerprint density at radius 3 is 2.11 bits per heavy atom. The second-order valence-corrected chi connectivity index (χ2v) is 5.41. The van der Waals surface area contributed by atoms with Gasteiger partial charge >= 0.3 is 5.97 Å². The molecule has 5 N–H and O–H groups in total. The first-order valence-corrected chi connectivity index (χ1v) is 7.72. The molecule has 1 rings (SSSR count). The van der Waals surface area contributed by atoms with Gasteiger partial charge in [0.05, 0.1) is 14.2 Å². The molecule has 0 amide bonds. The van der Waals surface area contributed by atoms with E-state index in [4.69, 9.17) is 19.3 Å². The van der Waals surface area contributed by atoms with Crippen LogP contribution in [0.5, 0.6) is 17.2 Å². The van der Waals surface area contributed by atoms with Crippen LogP contribution in [0.3, 0.4) is 0 Å². The number of esters is 1. The topological polar surface area (TPSA) is 163 Å². The maximum Gasteiger partial charge on any atom is 0.330 e. The molecule has 0 bridgehead atoms. The van der Waals surface area contributed by atoms with Crippen molar-refractivity contribution in [1.82, 2.24) is 0 Å². The number of aromatic hydroxyl groups is 1. The highest BCUT2D eigenvalue weighted by molar-refractivity contribution is 5.87. The lowest BCUT2D eigenvalue weighted by atomic mass is 10.0. The number of methoxy groups -OCH3 is 2. The van der Waals surface area contributed by atoms with Gasteiger partial charge in [0.2, 0.25) is 5.75 Å². The van der Waals surface area contributed by atoms with E-state index < -0.39 is 37.0 Å². The van der Waals surface area contributed by atoms with Gasteiger partial charge < -0.3 is 44.5 Å². The Hall–Kier alpha value is -2.66. The number of aldehydes is 1. The van der Waals surface area contributed by atoms with Gasteiger partial charge in [0.15, 0.2) is 17.8 Å². The summed E-state index contributed by atoms with van der Waals surface area (Å²) in [5.41, 5.74) is 0.448. The zero-order valence-corrected chi connectivity index (χ0v) is 14.7. The van der Waals surface area contributed by atoms with Gasteiger partial charge in [-0.15, -0.1) is 0 Å². The average Bonchev–Trinajstić information content (AvgIpc) is 2.69. The van der Waals surface area contributed by atoms with Crippen LogP contribution in [0.25, 0.3) is 6.08 Å². The minimum Gasteiger partial charge on any atom is -0.502 e. The minimum atomic E-state index is -1.93. The molecule has 0 saturated carbocycles. The summed E-state index contributed by atoms with van der Waals surface area (Å²) in [6.07, 6.45) is -5.08. The summed E-state index contributed by atoms with van der Waals surface area (Å²) in [7, 11) is 2.69. The van der Waals surface area contributed by atoms with Gasteiger partial charge in [-0.05, 0) is 23.8 Å². The Kier molecular flexibility index (Phi) is 8.69. The number of ether oxygens (including phenoxy) is 3. The van der Waals surface area contributed by atoms with E-state index in [9.17, 15) is 30.0 Å². The van der Waals surface area contributed by atoms with Crippen molar-refractivity contribution in [3.05, 3.63) is 23.8 Å². The number of rotatable bonds is 10. The molecular weight excluding hydrogens is 364 g/mol. The lowest BCUT2D eigenvalue weighted by Crippen LogP contribution is -2.46. The second kappa shape index (κ2) is 10.5. The molecule has 0 aliphatic rings. The van der Waals surface area contributed by atoms with E-state index in [1.807, 2.05) is 0 Å². The van der Waals surface area contributed by atoms with Crippen molar-refractivity contribution in [3.8, 4) is 17.2 Å². The molecule has 150 valence electrons. The molecule has 0 unspecified atom stereocenters. The lowest BCUT2D eigenvalue weighted by Gasteiger charge is -2.23. The van der Waals surface area contributed by atoms with Crippen LogP contribution >= 0.6 is 0 Å². The molecular formula is C17H22O10. The molecule has 1 aromatic carbocycles. The van der Waals surface area contributed by atoms with E-state index in [0.29, 0.717) is 5.56 Å². The van der Waals surface area contributed by atoms with Crippen molar-refractivity contribution >= 4 is 18.3 Å². The maximum atomic E-state index is 11.7. The highest BCUT2D eigenvalue weighted by Crippen LogP contribution is 2.37. The number of benzene rings is 1. The molecule has 10 heteroatoms. The molecule has 27 heavy (non-hydrogen) atoms. The van der Waals surface area contributed by atoms with Gasteiger partial charge in [-0.1, -0.05) is 0 Å². The highest BCUT2D eigenvalue weighted by Gasteiger charge is 2.30. The standard InChI is InChI=1S/C17H22O10/c1-25-12-5-9(6-13(26-2)17(12)24)3-4-14(21)27-8-11(20)16(23)15(22)10(19)7-18/h3-7,10-11,15-16,19-20,22-24H,8H2,1-2H3/b4-3+/t10-,11+,15+,16+/m0/s1. The molecule has 1 aromatic rings. The fraction of sp³-hybridized carbons (Fsp3) is 0.412. The largest absolute Gasteiger partial charge is 0.502 e. The molecule has 0 spiro atoms. The van der Waals surface area contributed by atoms with E-state index in [1.165, 1.54) is 32.4 Å². The Morgan fingerprint density at radius 2 is 1.63 bits per heavy atom. The van der Waals surface area contributed by atoms with Crippen molar-refractivity contribution in [3.63, 3.8) is 0 Å². The first-order chi connectivity index (χ1) is 12.7. The fourth-order valence-electron chi connectivity index (χ4n) is 2.00. The summed E-state index contributed by atoms with van der Waals surface area (Å²) in [5, 5.41) is 47.5. The minimum absolute atomic E-state index is 0.00441. The van der Waals surface area contributed by atoms with Crippen molar-refractivity contribution in [2.24, 2.45) is 0 Å². The van der Waals surface area contributed by atoms with Gasteiger partial charge in [-0.3, -0.25) is 0 Å². The van der Waals surface area contributed by atoms with Crippen LogP contribution in [0.4, 0.5) is 0 Å². The van der Waals surface area contributed by atoms with Crippen molar-refractivity contribution < 1.29 is 49.3 Å². The number of aliphatic hydroxyl groups is 4. The first-order valence-electron chi connectivity index (χ1n) is 7.72. The van der Waals surface area contributed by atoms with E-state index in [0.717, 1.165) is 6.08 Å². The van der Waals surface area contributed by atoms with Crippen LogP contribution in [-0.2, 0) is 14.3 Å². The fourth-order valence-corrected chi connectivity index (χ4v) is 2.00. The molecule has 4 atom stereocenters. The molecule has 0 fully saturated rings. The van der Waals surface area contributed by atoms with Crippen LogP contribution in [-0.4, -0.2) is 83.0 Å². The lowest BCUT2D eigenvalue weighted by molar-refractivity contribution is -0.151. The van der Waals surface area contributed by atoms with Crippen molar-refractivity contribution in [1.29, 1.82) is 0 Å². The van der Waals surface area contributed by atoms with Gasteiger partial charge in [-0.25, -0.2) is 4.79 Å². The van der Waals surface area contributed by atoms with Crippen LogP contribution in [0, 0.1) is 0 Å². The number of carbonyl (C=O) groups excluding carboxylic acids is 2. The van der Waals surface area contributed by atoms with Crippen molar-refractivity contribution in [2.75, 3.05) is 20.8 Å². The summed E-state index contributed by atoms with van der Waals surface area (Å²) in [4.78, 5) is 22.0. The van der Waals surface area contributed by atoms with Gasteiger partial charge in [0.1, 0.15) is 31.0 Å². The zero-order chi connectivity index (χ0) is 20.6. The average molecular weight is 386 g/mol. The maximum absolute atomic E-state index is 11.7. The van der Waals surface area contributed by atoms with E-state index in [1.54, 1.807) is 0 Å². The third kappa shape index (κ3) is 6.22. The molecule has 0 radical (unpaired) electrons. The number of carbonyl (C=O) groups is 2. The van der Waals surface area contributed by atoms with Crippen molar-refractivity contribution in [2.45, 2.75) is 24.4 Å². The second-order valence-electron chi connectivity index (χ2n) is 5.41. The van der Waals surface area contributed by atoms with Crippen LogP contribution in [0.15, 0.2) is 18.2 Å². The summed E-state index contributed by atoms with van der Waals surface area (Å²) < 4.78 is 14.7. The zero-order valence-electron chi connectivity index (χ0n) is 14.7. The number of hydrogen-bond donors (Lipinski definition) is 5. The van der Waals surface area contributed by atoms with E-state index >= 15 is 0 Å². The summed E-state index contributed by atoms with van der Waals surface area (Å²) >= 11 is 0. The Balaban J connectivity index is 2.68. The molecule has 0 heterocycles. The monoisotopic (exact) mass is 386 g/mol. The first kappa shape index (κ1) is 22.4. The van der Waals surface area contributed by atoms with Crippen LogP contribution < -0.4 is 9.47 Å². The third-order valence-electron chi connectivity index (χ3n) is 3.54.